The first-order chi connectivity index (χ1) is 31.2. The van der Waals surface area contributed by atoms with Gasteiger partial charge in [-0.25, -0.2) is 4.98 Å². The van der Waals surface area contributed by atoms with Crippen molar-refractivity contribution in [1.82, 2.24) is 39.5 Å². The Morgan fingerprint density at radius 2 is 0.873 bits per heavy atom. The van der Waals surface area contributed by atoms with E-state index in [1.54, 1.807) is 0 Å². The highest BCUT2D eigenvalue weighted by Crippen LogP contribution is 2.43. The molecule has 0 saturated carbocycles. The Bertz CT molecular complexity index is 3960. The van der Waals surface area contributed by atoms with Crippen molar-refractivity contribution in [3.8, 4) is 50.6 Å². The van der Waals surface area contributed by atoms with Gasteiger partial charge >= 0.3 is 0 Å². The molecule has 0 spiro atoms. The first-order valence-corrected chi connectivity index (χ1v) is 20.8. The molecule has 8 heteroatoms. The summed E-state index contributed by atoms with van der Waals surface area (Å²) in [4.78, 5) is 33.9. The Morgan fingerprint density at radius 3 is 1.49 bits per heavy atom. The molecule has 0 unspecified atom stereocenters. The van der Waals surface area contributed by atoms with Crippen molar-refractivity contribution in [2.75, 3.05) is 0 Å². The van der Waals surface area contributed by atoms with Gasteiger partial charge in [0.2, 0.25) is 0 Å². The fourth-order valence-corrected chi connectivity index (χ4v) is 9.44. The first-order valence-electron chi connectivity index (χ1n) is 20.8. The molecular weight excluding hydrogens is 773 g/mol. The minimum atomic E-state index is 0.854. The van der Waals surface area contributed by atoms with Crippen LogP contribution in [0.5, 0.6) is 0 Å². The summed E-state index contributed by atoms with van der Waals surface area (Å²) in [6.07, 6.45) is 13.1. The number of pyridine rings is 7. The molecule has 0 aliphatic heterocycles. The van der Waals surface area contributed by atoms with Crippen LogP contribution in [0.15, 0.2) is 195 Å². The largest absolute Gasteiger partial charge is 0.293 e. The summed E-state index contributed by atoms with van der Waals surface area (Å²) in [5.74, 6) is 0.854. The third-order valence-electron chi connectivity index (χ3n) is 12.3. The second-order valence-electron chi connectivity index (χ2n) is 15.8. The summed E-state index contributed by atoms with van der Waals surface area (Å²) < 4.78 is 2.29. The van der Waals surface area contributed by atoms with Gasteiger partial charge in [0.1, 0.15) is 5.82 Å². The predicted molar refractivity (Wildman–Crippen MR) is 255 cm³/mol. The molecule has 13 aromatic rings. The van der Waals surface area contributed by atoms with Crippen LogP contribution in [0.1, 0.15) is 0 Å². The van der Waals surface area contributed by atoms with Crippen LogP contribution >= 0.6 is 0 Å². The summed E-state index contributed by atoms with van der Waals surface area (Å²) >= 11 is 0. The molecule has 0 aliphatic carbocycles. The highest BCUT2D eigenvalue weighted by atomic mass is 15.1. The van der Waals surface area contributed by atoms with Gasteiger partial charge in [-0.3, -0.25) is 34.5 Å². The van der Waals surface area contributed by atoms with Gasteiger partial charge in [-0.1, -0.05) is 72.8 Å². The second kappa shape index (κ2) is 13.9. The van der Waals surface area contributed by atoms with Crippen LogP contribution in [0.3, 0.4) is 0 Å². The van der Waals surface area contributed by atoms with Crippen LogP contribution in [0.4, 0.5) is 0 Å². The van der Waals surface area contributed by atoms with Crippen molar-refractivity contribution < 1.29 is 0 Å². The van der Waals surface area contributed by atoms with Crippen LogP contribution in [-0.2, 0) is 0 Å². The number of hydrogen-bond donors (Lipinski definition) is 0. The molecule has 0 atom stereocenters. The quantitative estimate of drug-likeness (QED) is 0.160. The molecule has 5 aromatic carbocycles. The molecule has 0 N–H and O–H groups in total. The Morgan fingerprint density at radius 1 is 0.317 bits per heavy atom. The number of aromatic nitrogens is 8. The van der Waals surface area contributed by atoms with Gasteiger partial charge < -0.3 is 0 Å². The van der Waals surface area contributed by atoms with E-state index < -0.39 is 0 Å². The van der Waals surface area contributed by atoms with Gasteiger partial charge in [-0.05, 0) is 95.4 Å². The third kappa shape index (κ3) is 5.52. The molecule has 0 radical (unpaired) electrons. The number of rotatable bonds is 5. The van der Waals surface area contributed by atoms with E-state index in [1.807, 2.05) is 79.8 Å². The first kappa shape index (κ1) is 35.0. The van der Waals surface area contributed by atoms with E-state index in [9.17, 15) is 0 Å². The molecule has 0 bridgehead atoms. The van der Waals surface area contributed by atoms with E-state index in [4.69, 9.17) is 24.9 Å². The van der Waals surface area contributed by atoms with Crippen LogP contribution in [0, 0.1) is 0 Å². The van der Waals surface area contributed by atoms with Crippen molar-refractivity contribution in [3.63, 3.8) is 0 Å². The van der Waals surface area contributed by atoms with E-state index in [-0.39, 0.29) is 0 Å². The van der Waals surface area contributed by atoms with E-state index in [2.05, 4.69) is 130 Å². The number of benzene rings is 5. The maximum Gasteiger partial charge on any atom is 0.137 e. The molecule has 0 amide bonds. The maximum atomic E-state index is 5.18. The van der Waals surface area contributed by atoms with Crippen LogP contribution in [-0.4, -0.2) is 39.5 Å². The minimum absolute atomic E-state index is 0.854. The Balaban J connectivity index is 0.973. The van der Waals surface area contributed by atoms with Crippen LogP contribution < -0.4 is 0 Å². The van der Waals surface area contributed by atoms with Crippen LogP contribution in [0.2, 0.25) is 0 Å². The Hall–Kier alpha value is -8.75. The lowest BCUT2D eigenvalue weighted by atomic mass is 9.95. The van der Waals surface area contributed by atoms with Gasteiger partial charge in [-0.15, -0.1) is 0 Å². The highest BCUT2D eigenvalue weighted by Gasteiger charge is 2.21. The van der Waals surface area contributed by atoms with Crippen molar-refractivity contribution in [2.45, 2.75) is 0 Å². The van der Waals surface area contributed by atoms with E-state index in [0.717, 1.165) is 127 Å². The lowest BCUT2D eigenvalue weighted by Crippen LogP contribution is -1.97. The monoisotopic (exact) mass is 804 g/mol. The fraction of sp³-hybridized carbons (Fsp3) is 0. The topological polar surface area (TPSA) is 95.2 Å². The molecular formula is C55H32N8. The number of nitrogens with zero attached hydrogens (tertiary/aromatic N) is 8. The van der Waals surface area contributed by atoms with Crippen molar-refractivity contribution in [3.05, 3.63) is 195 Å². The van der Waals surface area contributed by atoms with Crippen molar-refractivity contribution in [2.24, 2.45) is 0 Å². The summed E-state index contributed by atoms with van der Waals surface area (Å²) in [6, 6.07) is 52.8. The summed E-state index contributed by atoms with van der Waals surface area (Å²) in [5.41, 5.74) is 13.8. The SMILES string of the molecule is c1ccc(-n2c3ccc(-c4ccc(-c5cc6cccnc6c6ncccc56)cn4)cc3c3cc(-c4ccc(-c5cc6cccnc6c6ncccc56)cn4)c4ccccc4c32)nc1. The molecule has 8 nitrogen and oxygen atoms in total. The summed E-state index contributed by atoms with van der Waals surface area (Å²) in [6.45, 7) is 0. The molecule has 8 aromatic heterocycles. The lowest BCUT2D eigenvalue weighted by Gasteiger charge is -2.13. The molecule has 292 valence electrons. The fourth-order valence-electron chi connectivity index (χ4n) is 9.44. The molecule has 0 aliphatic rings. The summed E-state index contributed by atoms with van der Waals surface area (Å²) in [5, 5.41) is 8.62. The van der Waals surface area contributed by atoms with Gasteiger partial charge in [0.05, 0.1) is 44.5 Å². The van der Waals surface area contributed by atoms with Crippen molar-refractivity contribution in [1.29, 1.82) is 0 Å². The van der Waals surface area contributed by atoms with Crippen LogP contribution in [0.25, 0.3) is 127 Å². The molecule has 8 heterocycles. The second-order valence-corrected chi connectivity index (χ2v) is 15.8. The van der Waals surface area contributed by atoms with Crippen molar-refractivity contribution >= 4 is 76.2 Å². The van der Waals surface area contributed by atoms with Gasteiger partial charge in [0.25, 0.3) is 0 Å². The number of hydrogen-bond acceptors (Lipinski definition) is 7. The third-order valence-corrected chi connectivity index (χ3v) is 12.3. The standard InChI is InChI=1S/C55H32N8/c1-2-12-41-38(11-1)44(48-20-17-37(32-62-48)43-29-35-10-6-24-58-52(35)54-40(43)14-8-26-60-54)30-46-45-27-33(18-21-49(45)63(55(41)46)50-15-3-4-22-56-50)47-19-16-36(31-61-47)42-28-34-9-5-23-57-51(34)53-39(42)13-7-25-59-53/h1-32H. The van der Waals surface area contributed by atoms with Gasteiger partial charge in [0, 0.05) is 103 Å². The van der Waals surface area contributed by atoms with Gasteiger partial charge in [0.15, 0.2) is 0 Å². The Kier molecular flexibility index (Phi) is 7.74. The zero-order valence-corrected chi connectivity index (χ0v) is 33.6. The van der Waals surface area contributed by atoms with E-state index >= 15 is 0 Å². The van der Waals surface area contributed by atoms with E-state index in [1.165, 1.54) is 0 Å². The van der Waals surface area contributed by atoms with Gasteiger partial charge in [-0.2, -0.15) is 0 Å². The molecule has 13 rings (SSSR count). The van der Waals surface area contributed by atoms with E-state index in [0.29, 0.717) is 0 Å². The number of fused-ring (bicyclic) bond motifs is 11. The smallest absolute Gasteiger partial charge is 0.137 e. The zero-order valence-electron chi connectivity index (χ0n) is 33.6. The summed E-state index contributed by atoms with van der Waals surface area (Å²) in [7, 11) is 0. The molecule has 0 fully saturated rings. The molecule has 0 saturated heterocycles. The normalized spacial score (nSPS) is 11.8. The average molecular weight is 805 g/mol. The Labute approximate surface area is 359 Å². The highest BCUT2D eigenvalue weighted by molar-refractivity contribution is 6.22. The predicted octanol–water partition coefficient (Wildman–Crippen LogP) is 13.0. The molecule has 63 heavy (non-hydrogen) atoms. The minimum Gasteiger partial charge on any atom is -0.293 e. The lowest BCUT2D eigenvalue weighted by molar-refractivity contribution is 1.08. The average Bonchev–Trinajstić information content (AvgIpc) is 3.70. The zero-order chi connectivity index (χ0) is 41.4. The maximum absolute atomic E-state index is 5.18.